The van der Waals surface area contributed by atoms with Crippen LogP contribution < -0.4 is 16.4 Å². The zero-order valence-corrected chi connectivity index (χ0v) is 24.5. The monoisotopic (exact) mass is 578 g/mol. The molecule has 0 saturated heterocycles. The summed E-state index contributed by atoms with van der Waals surface area (Å²) in [5.41, 5.74) is 10.6. The molecule has 43 heavy (non-hydrogen) atoms. The summed E-state index contributed by atoms with van der Waals surface area (Å²) in [5, 5.41) is 13.6. The summed E-state index contributed by atoms with van der Waals surface area (Å²) in [5.74, 6) is 0.306. The van der Waals surface area contributed by atoms with Gasteiger partial charge in [0.1, 0.15) is 5.78 Å². The van der Waals surface area contributed by atoms with Crippen molar-refractivity contribution in [1.29, 1.82) is 0 Å². The van der Waals surface area contributed by atoms with Crippen LogP contribution in [0.4, 0.5) is 5.69 Å². The first-order valence-corrected chi connectivity index (χ1v) is 14.9. The van der Waals surface area contributed by atoms with Gasteiger partial charge in [0.25, 0.3) is 5.91 Å². The minimum absolute atomic E-state index is 0.0256. The van der Waals surface area contributed by atoms with Crippen molar-refractivity contribution < 1.29 is 14.4 Å². The Morgan fingerprint density at radius 1 is 0.907 bits per heavy atom. The standard InChI is InChI=1S/C34H38N6O3/c1-36-34(43)30-5-3-2-4-29(30)24-10-6-22(7-11-24)18-27(19-31(41)25-12-8-23(20-35)9-13-25)33(42)39-28-16-14-26(15-17-28)32-37-21-38-40-32/h2-7,10-11,14-17,23,25,27H,8-9,12-13,18-21,35H2,1H3,(H,36,43)(H,39,42)/t23?,25?,27-/m1/s1. The Morgan fingerprint density at radius 3 is 2.26 bits per heavy atom. The Hall–Kier alpha value is -4.50. The van der Waals surface area contributed by atoms with Crippen LogP contribution in [0.25, 0.3) is 11.1 Å². The quantitative estimate of drug-likeness (QED) is 0.280. The number of nitrogens with zero attached hydrogens (tertiary/aromatic N) is 3. The number of rotatable bonds is 11. The van der Waals surface area contributed by atoms with E-state index in [4.69, 9.17) is 5.73 Å². The molecule has 0 bridgehead atoms. The predicted molar refractivity (Wildman–Crippen MR) is 168 cm³/mol. The first kappa shape index (κ1) is 30.0. The topological polar surface area (TPSA) is 138 Å². The number of carbonyl (C=O) groups excluding carboxylic acids is 3. The van der Waals surface area contributed by atoms with Gasteiger partial charge in [0.05, 0.1) is 0 Å². The van der Waals surface area contributed by atoms with E-state index in [2.05, 4.69) is 25.9 Å². The minimum Gasteiger partial charge on any atom is -0.355 e. The molecule has 9 heteroatoms. The third kappa shape index (κ3) is 7.48. The van der Waals surface area contributed by atoms with E-state index in [1.165, 1.54) is 0 Å². The van der Waals surface area contributed by atoms with Crippen molar-refractivity contribution in [2.75, 3.05) is 25.6 Å². The third-order valence-electron chi connectivity index (χ3n) is 8.46. The molecule has 1 aliphatic heterocycles. The number of amidine groups is 1. The van der Waals surface area contributed by atoms with Crippen LogP contribution in [0.2, 0.25) is 0 Å². The summed E-state index contributed by atoms with van der Waals surface area (Å²) < 4.78 is 0. The molecule has 1 atom stereocenters. The molecule has 4 N–H and O–H groups in total. The highest BCUT2D eigenvalue weighted by molar-refractivity contribution is 6.01. The molecule has 1 heterocycles. The second kappa shape index (κ2) is 14.1. The second-order valence-electron chi connectivity index (χ2n) is 11.3. The van der Waals surface area contributed by atoms with Gasteiger partial charge in [-0.25, -0.2) is 4.99 Å². The lowest BCUT2D eigenvalue weighted by molar-refractivity contribution is -0.129. The van der Waals surface area contributed by atoms with Crippen molar-refractivity contribution in [3.05, 3.63) is 89.5 Å². The van der Waals surface area contributed by atoms with Gasteiger partial charge in [-0.2, -0.15) is 5.11 Å². The van der Waals surface area contributed by atoms with E-state index in [0.29, 0.717) is 42.6 Å². The molecule has 222 valence electrons. The molecule has 2 amide bonds. The molecule has 3 aromatic carbocycles. The average molecular weight is 579 g/mol. The van der Waals surface area contributed by atoms with Crippen LogP contribution in [0, 0.1) is 17.8 Å². The zero-order chi connectivity index (χ0) is 30.2. The second-order valence-corrected chi connectivity index (χ2v) is 11.3. The van der Waals surface area contributed by atoms with Gasteiger partial charge in [-0.05, 0) is 91.6 Å². The van der Waals surface area contributed by atoms with E-state index in [1.54, 1.807) is 13.1 Å². The van der Waals surface area contributed by atoms with Gasteiger partial charge in [-0.3, -0.25) is 14.4 Å². The first-order valence-electron chi connectivity index (χ1n) is 14.9. The molecule has 2 aliphatic rings. The SMILES string of the molecule is CNC(=O)c1ccccc1-c1ccc(C[C@H](CC(=O)C2CCC(CN)CC2)C(=O)Nc2ccc(C3=NCN=N3)cc2)cc1. The molecule has 1 saturated carbocycles. The van der Waals surface area contributed by atoms with Crippen molar-refractivity contribution in [3.8, 4) is 11.1 Å². The Bertz CT molecular complexity index is 1510. The van der Waals surface area contributed by atoms with Crippen LogP contribution >= 0.6 is 0 Å². The Kier molecular flexibility index (Phi) is 9.84. The fraction of sp³-hybridized carbons (Fsp3) is 0.353. The number of benzene rings is 3. The molecular formula is C34H38N6O3. The van der Waals surface area contributed by atoms with Gasteiger partial charge >= 0.3 is 0 Å². The average Bonchev–Trinajstić information content (AvgIpc) is 3.60. The third-order valence-corrected chi connectivity index (χ3v) is 8.46. The molecule has 0 spiro atoms. The summed E-state index contributed by atoms with van der Waals surface area (Å²) in [6, 6.07) is 22.7. The highest BCUT2D eigenvalue weighted by atomic mass is 16.2. The number of hydrogen-bond donors (Lipinski definition) is 3. The van der Waals surface area contributed by atoms with Crippen molar-refractivity contribution in [2.45, 2.75) is 38.5 Å². The highest BCUT2D eigenvalue weighted by Crippen LogP contribution is 2.31. The predicted octanol–water partition coefficient (Wildman–Crippen LogP) is 5.40. The van der Waals surface area contributed by atoms with Crippen molar-refractivity contribution in [1.82, 2.24) is 5.32 Å². The number of nitrogens with two attached hydrogens (primary N) is 1. The summed E-state index contributed by atoms with van der Waals surface area (Å²) in [4.78, 5) is 43.7. The fourth-order valence-corrected chi connectivity index (χ4v) is 5.88. The fourth-order valence-electron chi connectivity index (χ4n) is 5.88. The number of ketones is 1. The lowest BCUT2D eigenvalue weighted by Gasteiger charge is -2.27. The van der Waals surface area contributed by atoms with E-state index in [1.807, 2.05) is 66.7 Å². The molecule has 5 rings (SSSR count). The Labute approximate surface area is 252 Å². The molecule has 3 aromatic rings. The van der Waals surface area contributed by atoms with Gasteiger partial charge in [0, 0.05) is 42.1 Å². The van der Waals surface area contributed by atoms with Gasteiger partial charge in [0.2, 0.25) is 5.91 Å². The maximum atomic E-state index is 13.6. The van der Waals surface area contributed by atoms with Crippen LogP contribution in [-0.2, 0) is 16.0 Å². The number of azo groups is 1. The van der Waals surface area contributed by atoms with Crippen LogP contribution in [0.15, 0.2) is 88.0 Å². The molecular weight excluding hydrogens is 540 g/mol. The number of hydrogen-bond acceptors (Lipinski definition) is 7. The lowest BCUT2D eigenvalue weighted by atomic mass is 9.77. The van der Waals surface area contributed by atoms with Crippen molar-refractivity contribution >= 4 is 29.1 Å². The highest BCUT2D eigenvalue weighted by Gasteiger charge is 2.30. The van der Waals surface area contributed by atoms with Gasteiger partial charge in [-0.15, -0.1) is 5.11 Å². The molecule has 0 unspecified atom stereocenters. The largest absolute Gasteiger partial charge is 0.355 e. The molecule has 1 fully saturated rings. The van der Waals surface area contributed by atoms with Gasteiger partial charge in [0.15, 0.2) is 12.5 Å². The van der Waals surface area contributed by atoms with Crippen LogP contribution in [0.1, 0.15) is 53.6 Å². The van der Waals surface area contributed by atoms with Gasteiger partial charge in [-0.1, -0.05) is 42.5 Å². The number of nitrogens with one attached hydrogen (secondary N) is 2. The van der Waals surface area contributed by atoms with Crippen LogP contribution in [0.5, 0.6) is 0 Å². The summed E-state index contributed by atoms with van der Waals surface area (Å²) in [6.45, 7) is 0.990. The molecule has 0 radical (unpaired) electrons. The smallest absolute Gasteiger partial charge is 0.251 e. The lowest BCUT2D eigenvalue weighted by Crippen LogP contribution is -2.31. The zero-order valence-electron chi connectivity index (χ0n) is 24.5. The summed E-state index contributed by atoms with van der Waals surface area (Å²) >= 11 is 0. The van der Waals surface area contributed by atoms with E-state index < -0.39 is 5.92 Å². The van der Waals surface area contributed by atoms with E-state index in [9.17, 15) is 14.4 Å². The van der Waals surface area contributed by atoms with Crippen LogP contribution in [-0.4, -0.2) is 43.7 Å². The first-order chi connectivity index (χ1) is 20.9. The van der Waals surface area contributed by atoms with Gasteiger partial charge < -0.3 is 16.4 Å². The summed E-state index contributed by atoms with van der Waals surface area (Å²) in [6.07, 6.45) is 4.18. The maximum Gasteiger partial charge on any atom is 0.251 e. The van der Waals surface area contributed by atoms with Crippen LogP contribution in [0.3, 0.4) is 0 Å². The van der Waals surface area contributed by atoms with E-state index in [0.717, 1.165) is 47.9 Å². The van der Waals surface area contributed by atoms with Crippen molar-refractivity contribution in [3.63, 3.8) is 0 Å². The Balaban J connectivity index is 1.32. The normalized spacial score (nSPS) is 18.5. The molecule has 0 aromatic heterocycles. The Morgan fingerprint density at radius 2 is 1.60 bits per heavy atom. The number of Topliss-reactive ketones (excluding diaryl/α,β-unsaturated/α-hetero) is 1. The maximum absolute atomic E-state index is 13.6. The molecule has 9 nitrogen and oxygen atoms in total. The van der Waals surface area contributed by atoms with Crippen molar-refractivity contribution in [2.24, 2.45) is 38.7 Å². The number of anilines is 1. The minimum atomic E-state index is -0.531. The number of carbonyl (C=O) groups is 3. The number of aliphatic imine (C=N–C) groups is 1. The molecule has 1 aliphatic carbocycles. The van der Waals surface area contributed by atoms with E-state index in [-0.39, 0.29) is 29.9 Å². The van der Waals surface area contributed by atoms with E-state index >= 15 is 0 Å². The summed E-state index contributed by atoms with van der Waals surface area (Å²) in [7, 11) is 1.61. The number of amides is 2.